The van der Waals surface area contributed by atoms with Crippen molar-refractivity contribution in [3.8, 4) is 0 Å². The third kappa shape index (κ3) is 3.36. The van der Waals surface area contributed by atoms with Crippen LogP contribution in [0.5, 0.6) is 0 Å². The van der Waals surface area contributed by atoms with Gasteiger partial charge in [0.05, 0.1) is 0 Å². The van der Waals surface area contributed by atoms with Crippen LogP contribution in [-0.2, 0) is 25.7 Å². The lowest BCUT2D eigenvalue weighted by molar-refractivity contribution is 0.372. The van der Waals surface area contributed by atoms with E-state index in [1.165, 1.54) is 35.1 Å². The highest BCUT2D eigenvalue weighted by Gasteiger charge is 2.23. The van der Waals surface area contributed by atoms with Crippen LogP contribution in [0, 0.1) is 5.92 Å². The van der Waals surface area contributed by atoms with Crippen LogP contribution in [0.3, 0.4) is 0 Å². The van der Waals surface area contributed by atoms with E-state index in [4.69, 9.17) is 5.73 Å². The van der Waals surface area contributed by atoms with E-state index in [1.807, 2.05) is 0 Å². The van der Waals surface area contributed by atoms with E-state index < -0.39 is 0 Å². The first-order valence-corrected chi connectivity index (χ1v) is 8.16. The molecule has 1 heteroatoms. The Kier molecular flexibility index (Phi) is 4.40. The Balaban J connectivity index is 1.64. The lowest BCUT2D eigenvalue weighted by Crippen LogP contribution is -2.35. The van der Waals surface area contributed by atoms with E-state index in [9.17, 15) is 0 Å². The summed E-state index contributed by atoms with van der Waals surface area (Å²) in [6.45, 7) is 2.19. The zero-order valence-electron chi connectivity index (χ0n) is 12.9. The molecule has 0 saturated heterocycles. The van der Waals surface area contributed by atoms with Gasteiger partial charge < -0.3 is 5.73 Å². The smallest absolute Gasteiger partial charge is 0.0111 e. The minimum Gasteiger partial charge on any atom is -0.327 e. The molecule has 0 fully saturated rings. The van der Waals surface area contributed by atoms with Crippen LogP contribution in [0.15, 0.2) is 48.5 Å². The topological polar surface area (TPSA) is 26.0 Å². The zero-order chi connectivity index (χ0) is 14.7. The lowest BCUT2D eigenvalue weighted by Gasteiger charge is -2.29. The highest BCUT2D eigenvalue weighted by molar-refractivity contribution is 5.30. The van der Waals surface area contributed by atoms with Crippen molar-refractivity contribution in [3.63, 3.8) is 0 Å². The number of rotatable bonds is 4. The second-order valence-electron chi connectivity index (χ2n) is 6.31. The molecule has 0 aromatic heterocycles. The van der Waals surface area contributed by atoms with Gasteiger partial charge in [-0.3, -0.25) is 0 Å². The first-order valence-electron chi connectivity index (χ1n) is 8.16. The lowest BCUT2D eigenvalue weighted by atomic mass is 9.79. The summed E-state index contributed by atoms with van der Waals surface area (Å²) in [7, 11) is 0. The van der Waals surface area contributed by atoms with E-state index in [0.717, 1.165) is 19.3 Å². The largest absolute Gasteiger partial charge is 0.327 e. The molecule has 1 aliphatic carbocycles. The van der Waals surface area contributed by atoms with Crippen molar-refractivity contribution in [3.05, 3.63) is 70.8 Å². The maximum absolute atomic E-state index is 6.51. The van der Waals surface area contributed by atoms with Crippen LogP contribution >= 0.6 is 0 Å². The van der Waals surface area contributed by atoms with Gasteiger partial charge >= 0.3 is 0 Å². The van der Waals surface area contributed by atoms with Gasteiger partial charge in [0, 0.05) is 6.04 Å². The molecule has 0 heterocycles. The molecule has 0 amide bonds. The average Bonchev–Trinajstić information content (AvgIpc) is 2.55. The molecule has 0 radical (unpaired) electrons. The Morgan fingerprint density at radius 2 is 1.67 bits per heavy atom. The van der Waals surface area contributed by atoms with Gasteiger partial charge in [-0.2, -0.15) is 0 Å². The summed E-state index contributed by atoms with van der Waals surface area (Å²) in [5.74, 6) is 0.616. The molecular weight excluding hydrogens is 254 g/mol. The molecule has 1 aliphatic rings. The van der Waals surface area contributed by atoms with Crippen LogP contribution in [0.1, 0.15) is 35.6 Å². The van der Waals surface area contributed by atoms with E-state index in [1.54, 1.807) is 0 Å². The van der Waals surface area contributed by atoms with Crippen molar-refractivity contribution in [2.75, 3.05) is 0 Å². The summed E-state index contributed by atoms with van der Waals surface area (Å²) in [5, 5.41) is 0. The van der Waals surface area contributed by atoms with Crippen LogP contribution in [0.4, 0.5) is 0 Å². The molecule has 0 aliphatic heterocycles. The summed E-state index contributed by atoms with van der Waals surface area (Å²) < 4.78 is 0. The third-order valence-corrected chi connectivity index (χ3v) is 4.89. The van der Waals surface area contributed by atoms with Crippen molar-refractivity contribution in [2.45, 2.75) is 45.1 Å². The van der Waals surface area contributed by atoms with E-state index in [0.29, 0.717) is 5.92 Å². The number of benzene rings is 2. The predicted octanol–water partition coefficient (Wildman–Crippen LogP) is 3.92. The molecule has 0 spiro atoms. The van der Waals surface area contributed by atoms with Gasteiger partial charge in [-0.25, -0.2) is 0 Å². The van der Waals surface area contributed by atoms with Gasteiger partial charge in [0.1, 0.15) is 0 Å². The van der Waals surface area contributed by atoms with Crippen LogP contribution in [0.25, 0.3) is 0 Å². The summed E-state index contributed by atoms with van der Waals surface area (Å²) >= 11 is 0. The summed E-state index contributed by atoms with van der Waals surface area (Å²) in [6.07, 6.45) is 5.65. The molecule has 0 bridgehead atoms. The predicted molar refractivity (Wildman–Crippen MR) is 89.5 cm³/mol. The van der Waals surface area contributed by atoms with Gasteiger partial charge in [0.15, 0.2) is 0 Å². The molecule has 2 unspecified atom stereocenters. The number of aryl methyl sites for hydroxylation is 2. The fourth-order valence-electron chi connectivity index (χ4n) is 3.44. The molecule has 2 N–H and O–H groups in total. The normalized spacial score (nSPS) is 19.0. The highest BCUT2D eigenvalue weighted by Crippen LogP contribution is 2.28. The van der Waals surface area contributed by atoms with Crippen molar-refractivity contribution in [2.24, 2.45) is 11.7 Å². The molecule has 2 aromatic rings. The number of fused-ring (bicyclic) bond motifs is 1. The average molecular weight is 279 g/mol. The van der Waals surface area contributed by atoms with Gasteiger partial charge in [0.25, 0.3) is 0 Å². The van der Waals surface area contributed by atoms with Gasteiger partial charge in [0.2, 0.25) is 0 Å². The minimum atomic E-state index is 0.269. The van der Waals surface area contributed by atoms with Crippen molar-refractivity contribution in [1.82, 2.24) is 0 Å². The molecule has 2 aromatic carbocycles. The molecule has 0 saturated carbocycles. The Morgan fingerprint density at radius 3 is 2.38 bits per heavy atom. The fourth-order valence-corrected chi connectivity index (χ4v) is 3.44. The summed E-state index contributed by atoms with van der Waals surface area (Å²) in [6, 6.07) is 18.1. The fraction of sp³-hybridized carbons (Fsp3) is 0.400. The molecule has 21 heavy (non-hydrogen) atoms. The second kappa shape index (κ2) is 6.44. The summed E-state index contributed by atoms with van der Waals surface area (Å²) in [4.78, 5) is 0. The first-order chi connectivity index (χ1) is 10.3. The Morgan fingerprint density at radius 1 is 1.00 bits per heavy atom. The molecular formula is C20H25N. The van der Waals surface area contributed by atoms with Crippen molar-refractivity contribution in [1.29, 1.82) is 0 Å². The first kappa shape index (κ1) is 14.3. The van der Waals surface area contributed by atoms with Gasteiger partial charge in [-0.05, 0) is 60.3 Å². The number of nitrogens with two attached hydrogens (primary N) is 1. The molecule has 1 nitrogen and oxygen atoms in total. The highest BCUT2D eigenvalue weighted by atomic mass is 14.6. The number of hydrogen-bond acceptors (Lipinski definition) is 1. The summed E-state index contributed by atoms with van der Waals surface area (Å²) in [5.41, 5.74) is 12.3. The van der Waals surface area contributed by atoms with Crippen molar-refractivity contribution < 1.29 is 0 Å². The molecule has 110 valence electrons. The van der Waals surface area contributed by atoms with Gasteiger partial charge in [-0.1, -0.05) is 55.5 Å². The monoisotopic (exact) mass is 279 g/mol. The quantitative estimate of drug-likeness (QED) is 0.902. The Bertz CT molecular complexity index is 585. The van der Waals surface area contributed by atoms with E-state index in [-0.39, 0.29) is 6.04 Å². The van der Waals surface area contributed by atoms with E-state index >= 15 is 0 Å². The molecule has 2 atom stereocenters. The third-order valence-electron chi connectivity index (χ3n) is 4.89. The maximum Gasteiger partial charge on any atom is 0.0111 e. The SMILES string of the molecule is CCc1ccc(CC(N)C2CCc3ccccc3C2)cc1. The Labute approximate surface area is 128 Å². The van der Waals surface area contributed by atoms with Crippen LogP contribution in [-0.4, -0.2) is 6.04 Å². The van der Waals surface area contributed by atoms with Crippen LogP contribution in [0.2, 0.25) is 0 Å². The van der Waals surface area contributed by atoms with Crippen molar-refractivity contribution >= 4 is 0 Å². The Hall–Kier alpha value is -1.60. The molecule has 3 rings (SSSR count). The zero-order valence-corrected chi connectivity index (χ0v) is 12.9. The van der Waals surface area contributed by atoms with Crippen LogP contribution < -0.4 is 5.73 Å². The standard InChI is InChI=1S/C20H25N/c1-2-15-7-9-16(10-8-15)13-20(21)19-12-11-17-5-3-4-6-18(17)14-19/h3-10,19-20H,2,11-14,21H2,1H3. The second-order valence-corrected chi connectivity index (χ2v) is 6.31. The maximum atomic E-state index is 6.51. The minimum absolute atomic E-state index is 0.269. The van der Waals surface area contributed by atoms with Gasteiger partial charge in [-0.15, -0.1) is 0 Å². The number of hydrogen-bond donors (Lipinski definition) is 1. The van der Waals surface area contributed by atoms with E-state index in [2.05, 4.69) is 55.5 Å².